The smallest absolute Gasteiger partial charge is 0.406 e. The molecule has 5 nitrogen and oxygen atoms in total. The van der Waals surface area contributed by atoms with Gasteiger partial charge in [0.05, 0.1) is 4.88 Å². The van der Waals surface area contributed by atoms with Crippen LogP contribution in [0.25, 0.3) is 10.4 Å². The van der Waals surface area contributed by atoms with Crippen molar-refractivity contribution in [1.29, 1.82) is 0 Å². The Kier molecular flexibility index (Phi) is 6.38. The number of hydrogen-bond donors (Lipinski definition) is 2. The number of amides is 1. The summed E-state index contributed by atoms with van der Waals surface area (Å²) in [4.78, 5) is 16.2. The summed E-state index contributed by atoms with van der Waals surface area (Å²) in [6.45, 7) is 1.96. The van der Waals surface area contributed by atoms with Crippen molar-refractivity contribution >= 4 is 28.6 Å². The molecule has 1 saturated heterocycles. The van der Waals surface area contributed by atoms with Crippen molar-refractivity contribution in [2.24, 2.45) is 0 Å². The number of rotatable bonds is 6. The van der Waals surface area contributed by atoms with Gasteiger partial charge < -0.3 is 20.3 Å². The summed E-state index contributed by atoms with van der Waals surface area (Å²) >= 11 is 1.27. The molecule has 1 atom stereocenters. The van der Waals surface area contributed by atoms with Crippen LogP contribution in [0.15, 0.2) is 60.7 Å². The van der Waals surface area contributed by atoms with Gasteiger partial charge >= 0.3 is 6.36 Å². The van der Waals surface area contributed by atoms with Gasteiger partial charge in [0.2, 0.25) is 0 Å². The Morgan fingerprint density at radius 2 is 1.78 bits per heavy atom. The summed E-state index contributed by atoms with van der Waals surface area (Å²) in [6.07, 6.45) is -3.62. The number of carbonyl (C=O) groups excluding carboxylic acids is 1. The molecule has 0 radical (unpaired) electrons. The van der Waals surface area contributed by atoms with Gasteiger partial charge in [0, 0.05) is 35.4 Å². The Labute approximate surface area is 187 Å². The first kappa shape index (κ1) is 22.2. The van der Waals surface area contributed by atoms with Crippen molar-refractivity contribution < 1.29 is 22.7 Å². The van der Waals surface area contributed by atoms with Crippen LogP contribution in [0, 0.1) is 0 Å². The lowest BCUT2D eigenvalue weighted by Crippen LogP contribution is -2.29. The van der Waals surface area contributed by atoms with E-state index in [0.717, 1.165) is 30.1 Å². The molecule has 9 heteroatoms. The van der Waals surface area contributed by atoms with E-state index >= 15 is 0 Å². The number of benzene rings is 2. The molecule has 4 rings (SSSR count). The molecule has 0 bridgehead atoms. The third-order valence-electron chi connectivity index (χ3n) is 5.29. The highest BCUT2D eigenvalue weighted by molar-refractivity contribution is 7.17. The summed E-state index contributed by atoms with van der Waals surface area (Å²) in [6, 6.07) is 17.3. The standard InChI is InChI=1S/C23H22F3N3O2S/c1-27-17-12-13-29(14-17)18-6-4-16(5-7-18)28-22(30)21-11-10-20(32-21)15-2-8-19(9-3-15)31-23(24,25)26/h2-11,17,27H,12-14H2,1H3,(H,28,30). The Morgan fingerprint density at radius 3 is 2.41 bits per heavy atom. The summed E-state index contributed by atoms with van der Waals surface area (Å²) in [5.41, 5.74) is 2.53. The third-order valence-corrected chi connectivity index (χ3v) is 6.42. The molecule has 1 aromatic heterocycles. The van der Waals surface area contributed by atoms with Gasteiger partial charge in [-0.05, 0) is 79.7 Å². The SMILES string of the molecule is CNC1CCN(c2ccc(NC(=O)c3ccc(-c4ccc(OC(F)(F)F)cc4)s3)cc2)C1. The molecule has 0 saturated carbocycles. The van der Waals surface area contributed by atoms with Crippen LogP contribution < -0.4 is 20.3 Å². The van der Waals surface area contributed by atoms with Gasteiger partial charge in [-0.15, -0.1) is 24.5 Å². The fourth-order valence-corrected chi connectivity index (χ4v) is 4.52. The second-order valence-electron chi connectivity index (χ2n) is 7.46. The molecule has 3 aromatic rings. The lowest BCUT2D eigenvalue weighted by molar-refractivity contribution is -0.274. The van der Waals surface area contributed by atoms with Crippen LogP contribution >= 0.6 is 11.3 Å². The Hall–Kier alpha value is -3.04. The number of anilines is 2. The van der Waals surface area contributed by atoms with Gasteiger partial charge in [0.25, 0.3) is 5.91 Å². The van der Waals surface area contributed by atoms with Gasteiger partial charge in [0.1, 0.15) is 5.75 Å². The molecule has 0 aliphatic carbocycles. The molecule has 2 aromatic carbocycles. The third kappa shape index (κ3) is 5.41. The summed E-state index contributed by atoms with van der Waals surface area (Å²) in [5.74, 6) is -0.517. The molecule has 1 fully saturated rings. The molecule has 168 valence electrons. The minimum Gasteiger partial charge on any atom is -0.406 e. The number of hydrogen-bond acceptors (Lipinski definition) is 5. The maximum absolute atomic E-state index is 12.6. The van der Waals surface area contributed by atoms with Crippen LogP contribution in [-0.4, -0.2) is 38.4 Å². The number of nitrogens with zero attached hydrogens (tertiary/aromatic N) is 1. The quantitative estimate of drug-likeness (QED) is 0.519. The van der Waals surface area contributed by atoms with Crippen molar-refractivity contribution in [3.8, 4) is 16.2 Å². The average Bonchev–Trinajstić information content (AvgIpc) is 3.44. The monoisotopic (exact) mass is 461 g/mol. The Balaban J connectivity index is 1.37. The first-order valence-electron chi connectivity index (χ1n) is 10.1. The highest BCUT2D eigenvalue weighted by Gasteiger charge is 2.31. The van der Waals surface area contributed by atoms with E-state index in [1.54, 1.807) is 12.1 Å². The van der Waals surface area contributed by atoms with Gasteiger partial charge in [-0.3, -0.25) is 4.79 Å². The second kappa shape index (κ2) is 9.22. The maximum Gasteiger partial charge on any atom is 0.573 e. The van der Waals surface area contributed by atoms with Crippen molar-refractivity contribution in [3.05, 3.63) is 65.5 Å². The lowest BCUT2D eigenvalue weighted by Gasteiger charge is -2.19. The van der Waals surface area contributed by atoms with Crippen molar-refractivity contribution in [3.63, 3.8) is 0 Å². The Morgan fingerprint density at radius 1 is 1.06 bits per heavy atom. The zero-order valence-corrected chi connectivity index (χ0v) is 18.1. The highest BCUT2D eigenvalue weighted by Crippen LogP contribution is 2.31. The number of likely N-dealkylation sites (N-methyl/N-ethyl adjacent to an activating group) is 1. The van der Waals surface area contributed by atoms with Gasteiger partial charge in [0.15, 0.2) is 0 Å². The van der Waals surface area contributed by atoms with Crippen LogP contribution in [0.5, 0.6) is 5.75 Å². The fraction of sp³-hybridized carbons (Fsp3) is 0.261. The molecule has 32 heavy (non-hydrogen) atoms. The van der Waals surface area contributed by atoms with Crippen molar-refractivity contribution in [1.82, 2.24) is 5.32 Å². The van der Waals surface area contributed by atoms with E-state index < -0.39 is 6.36 Å². The number of ether oxygens (including phenoxy) is 1. The van der Waals surface area contributed by atoms with Crippen LogP contribution in [0.4, 0.5) is 24.5 Å². The first-order chi connectivity index (χ1) is 15.3. The van der Waals surface area contributed by atoms with E-state index in [-0.39, 0.29) is 11.7 Å². The van der Waals surface area contributed by atoms with Crippen molar-refractivity contribution in [2.75, 3.05) is 30.4 Å². The summed E-state index contributed by atoms with van der Waals surface area (Å²) in [5, 5.41) is 6.19. The zero-order chi connectivity index (χ0) is 22.7. The summed E-state index contributed by atoms with van der Waals surface area (Å²) < 4.78 is 40.8. The molecular weight excluding hydrogens is 439 g/mol. The maximum atomic E-state index is 12.6. The molecule has 0 spiro atoms. The highest BCUT2D eigenvalue weighted by atomic mass is 32.1. The van der Waals surface area contributed by atoms with E-state index in [1.807, 2.05) is 31.3 Å². The molecule has 1 aliphatic heterocycles. The van der Waals surface area contributed by atoms with E-state index in [2.05, 4.69) is 20.3 Å². The van der Waals surface area contributed by atoms with E-state index in [1.165, 1.54) is 35.6 Å². The summed E-state index contributed by atoms with van der Waals surface area (Å²) in [7, 11) is 1.97. The molecule has 2 N–H and O–H groups in total. The van der Waals surface area contributed by atoms with E-state index in [4.69, 9.17) is 0 Å². The zero-order valence-electron chi connectivity index (χ0n) is 17.3. The molecule has 1 aliphatic rings. The first-order valence-corrected chi connectivity index (χ1v) is 10.9. The second-order valence-corrected chi connectivity index (χ2v) is 8.54. The van der Waals surface area contributed by atoms with Crippen molar-refractivity contribution in [2.45, 2.75) is 18.8 Å². The van der Waals surface area contributed by atoms with Crippen LogP contribution in [0.1, 0.15) is 16.1 Å². The van der Waals surface area contributed by atoms with Crippen LogP contribution in [0.2, 0.25) is 0 Å². The van der Waals surface area contributed by atoms with E-state index in [0.29, 0.717) is 22.2 Å². The minimum atomic E-state index is -4.72. The van der Waals surface area contributed by atoms with E-state index in [9.17, 15) is 18.0 Å². The number of carbonyl (C=O) groups is 1. The normalized spacial score (nSPS) is 16.2. The fourth-order valence-electron chi connectivity index (χ4n) is 3.61. The predicted molar refractivity (Wildman–Crippen MR) is 121 cm³/mol. The molecule has 1 unspecified atom stereocenters. The lowest BCUT2D eigenvalue weighted by atomic mass is 10.2. The van der Waals surface area contributed by atoms with Gasteiger partial charge in [-0.2, -0.15) is 0 Å². The molecule has 2 heterocycles. The van der Waals surface area contributed by atoms with Gasteiger partial charge in [-0.25, -0.2) is 0 Å². The van der Waals surface area contributed by atoms with Crippen LogP contribution in [0.3, 0.4) is 0 Å². The number of thiophene rings is 1. The number of nitrogens with one attached hydrogen (secondary N) is 2. The largest absolute Gasteiger partial charge is 0.573 e. The van der Waals surface area contributed by atoms with Gasteiger partial charge in [-0.1, -0.05) is 0 Å². The minimum absolute atomic E-state index is 0.234. The molecular formula is C23H22F3N3O2S. The van der Waals surface area contributed by atoms with Crippen LogP contribution in [-0.2, 0) is 0 Å². The topological polar surface area (TPSA) is 53.6 Å². The Bertz CT molecular complexity index is 1070. The number of alkyl halides is 3. The predicted octanol–water partition coefficient (Wildman–Crippen LogP) is 5.36. The number of halogens is 3. The average molecular weight is 462 g/mol. The molecule has 1 amide bonds.